The summed E-state index contributed by atoms with van der Waals surface area (Å²) in [5.74, 6) is 2.40. The van der Waals surface area contributed by atoms with Crippen molar-refractivity contribution in [2.75, 3.05) is 24.5 Å². The Labute approximate surface area is 110 Å². The minimum Gasteiger partial charge on any atom is -0.357 e. The van der Waals surface area contributed by atoms with Gasteiger partial charge < -0.3 is 15.2 Å². The molecule has 0 spiro atoms. The van der Waals surface area contributed by atoms with Gasteiger partial charge in [-0.25, -0.2) is 9.97 Å². The molecule has 2 saturated heterocycles. The monoisotopic (exact) mass is 257 g/mol. The summed E-state index contributed by atoms with van der Waals surface area (Å²) in [6.07, 6.45) is 1.88. The Bertz CT molecular complexity index is 664. The molecular formula is C13H15N5O. The summed E-state index contributed by atoms with van der Waals surface area (Å²) in [5, 5.41) is 2.93. The number of anilines is 1. The van der Waals surface area contributed by atoms with Crippen molar-refractivity contribution in [1.82, 2.24) is 20.3 Å². The number of amides is 1. The van der Waals surface area contributed by atoms with Crippen LogP contribution in [0, 0.1) is 18.8 Å². The molecule has 1 amide bonds. The number of aromatic nitrogens is 3. The van der Waals surface area contributed by atoms with Gasteiger partial charge in [0.05, 0.1) is 11.4 Å². The second-order valence-corrected chi connectivity index (χ2v) is 5.35. The summed E-state index contributed by atoms with van der Waals surface area (Å²) < 4.78 is 0. The highest BCUT2D eigenvalue weighted by Gasteiger charge is 2.42. The normalized spacial score (nSPS) is 25.9. The highest BCUT2D eigenvalue weighted by Crippen LogP contribution is 2.32. The van der Waals surface area contributed by atoms with Gasteiger partial charge in [0.25, 0.3) is 0 Å². The molecule has 19 heavy (non-hydrogen) atoms. The molecule has 0 aromatic carbocycles. The fourth-order valence-corrected chi connectivity index (χ4v) is 3.18. The van der Waals surface area contributed by atoms with Gasteiger partial charge in [0.15, 0.2) is 5.82 Å². The van der Waals surface area contributed by atoms with E-state index in [-0.39, 0.29) is 11.8 Å². The first-order chi connectivity index (χ1) is 9.22. The molecule has 2 aliphatic heterocycles. The van der Waals surface area contributed by atoms with Gasteiger partial charge in [-0.1, -0.05) is 0 Å². The van der Waals surface area contributed by atoms with Crippen molar-refractivity contribution in [2.45, 2.75) is 6.92 Å². The zero-order valence-corrected chi connectivity index (χ0v) is 10.7. The summed E-state index contributed by atoms with van der Waals surface area (Å²) in [5.41, 5.74) is 1.90. The lowest BCUT2D eigenvalue weighted by atomic mass is 10.0. The number of H-pyrrole nitrogens is 1. The van der Waals surface area contributed by atoms with Gasteiger partial charge in [0, 0.05) is 31.7 Å². The number of rotatable bonds is 1. The van der Waals surface area contributed by atoms with E-state index < -0.39 is 0 Å². The zero-order valence-electron chi connectivity index (χ0n) is 10.7. The van der Waals surface area contributed by atoms with Gasteiger partial charge in [0.2, 0.25) is 5.91 Å². The number of nitrogens with one attached hydrogen (secondary N) is 2. The maximum absolute atomic E-state index is 11.7. The van der Waals surface area contributed by atoms with E-state index in [0.29, 0.717) is 5.92 Å². The van der Waals surface area contributed by atoms with E-state index >= 15 is 0 Å². The van der Waals surface area contributed by atoms with Gasteiger partial charge in [-0.3, -0.25) is 4.79 Å². The number of hydrogen-bond donors (Lipinski definition) is 2. The van der Waals surface area contributed by atoms with E-state index in [1.54, 1.807) is 0 Å². The molecule has 2 aromatic heterocycles. The molecule has 6 nitrogen and oxygen atoms in total. The molecule has 2 N–H and O–H groups in total. The second kappa shape index (κ2) is 3.69. The number of carbonyl (C=O) groups is 1. The van der Waals surface area contributed by atoms with Gasteiger partial charge in [0.1, 0.15) is 11.3 Å². The number of hydrogen-bond acceptors (Lipinski definition) is 4. The third-order valence-electron chi connectivity index (χ3n) is 4.11. The largest absolute Gasteiger partial charge is 0.357 e. The van der Waals surface area contributed by atoms with Gasteiger partial charge in [-0.15, -0.1) is 0 Å². The predicted molar refractivity (Wildman–Crippen MR) is 70.8 cm³/mol. The Hall–Kier alpha value is -2.11. The van der Waals surface area contributed by atoms with Gasteiger partial charge >= 0.3 is 0 Å². The number of nitrogens with zero attached hydrogens (tertiary/aromatic N) is 3. The van der Waals surface area contributed by atoms with E-state index in [0.717, 1.165) is 42.3 Å². The standard InChI is InChI=1S/C13H15N5O/c1-7-16-10-2-3-14-11(10)12(17-7)18-5-8-4-15-13(19)9(8)6-18/h2-3,8-9,14H,4-6H2,1H3,(H,15,19)/t8-,9+/m0/s1. The zero-order chi connectivity index (χ0) is 13.0. The number of carbonyl (C=O) groups excluding carboxylic acids is 1. The van der Waals surface area contributed by atoms with Gasteiger partial charge in [-0.2, -0.15) is 0 Å². The van der Waals surface area contributed by atoms with Crippen molar-refractivity contribution in [3.05, 3.63) is 18.1 Å². The number of aryl methyl sites for hydroxylation is 1. The van der Waals surface area contributed by atoms with Crippen molar-refractivity contribution in [2.24, 2.45) is 11.8 Å². The van der Waals surface area contributed by atoms with Crippen LogP contribution in [0.3, 0.4) is 0 Å². The average Bonchev–Trinajstić information content (AvgIpc) is 3.05. The first-order valence-corrected chi connectivity index (χ1v) is 6.57. The lowest BCUT2D eigenvalue weighted by molar-refractivity contribution is -0.122. The SMILES string of the molecule is Cc1nc(N2C[C@@H]3CNC(=O)[C@@H]3C2)c2[nH]ccc2n1. The summed E-state index contributed by atoms with van der Waals surface area (Å²) in [7, 11) is 0. The van der Waals surface area contributed by atoms with Crippen molar-refractivity contribution < 1.29 is 4.79 Å². The van der Waals surface area contributed by atoms with Crippen LogP contribution in [0.5, 0.6) is 0 Å². The Morgan fingerprint density at radius 3 is 3.11 bits per heavy atom. The van der Waals surface area contributed by atoms with Crippen LogP contribution in [0.1, 0.15) is 5.82 Å². The first kappa shape index (κ1) is 10.8. The van der Waals surface area contributed by atoms with Crippen LogP contribution in [-0.4, -0.2) is 40.5 Å². The third kappa shape index (κ3) is 1.52. The van der Waals surface area contributed by atoms with Crippen molar-refractivity contribution >= 4 is 22.8 Å². The molecule has 0 unspecified atom stereocenters. The molecule has 0 aliphatic carbocycles. The molecule has 0 saturated carbocycles. The lowest BCUT2D eigenvalue weighted by Crippen LogP contribution is -2.29. The molecule has 2 fully saturated rings. The first-order valence-electron chi connectivity index (χ1n) is 6.57. The van der Waals surface area contributed by atoms with Crippen LogP contribution in [0.15, 0.2) is 12.3 Å². The quantitative estimate of drug-likeness (QED) is 0.778. The van der Waals surface area contributed by atoms with Crippen LogP contribution in [-0.2, 0) is 4.79 Å². The molecule has 2 atom stereocenters. The fraction of sp³-hybridized carbons (Fsp3) is 0.462. The van der Waals surface area contributed by atoms with Crippen molar-refractivity contribution in [3.8, 4) is 0 Å². The van der Waals surface area contributed by atoms with Crippen molar-refractivity contribution in [3.63, 3.8) is 0 Å². The molecule has 2 aliphatic rings. The highest BCUT2D eigenvalue weighted by atomic mass is 16.2. The molecule has 4 heterocycles. The minimum absolute atomic E-state index is 0.111. The van der Waals surface area contributed by atoms with Crippen LogP contribution < -0.4 is 10.2 Å². The van der Waals surface area contributed by atoms with Crippen LogP contribution in [0.4, 0.5) is 5.82 Å². The highest BCUT2D eigenvalue weighted by molar-refractivity contribution is 5.88. The summed E-state index contributed by atoms with van der Waals surface area (Å²) in [6, 6.07) is 1.96. The van der Waals surface area contributed by atoms with Gasteiger partial charge in [-0.05, 0) is 13.0 Å². The minimum atomic E-state index is 0.111. The molecule has 6 heteroatoms. The number of fused-ring (bicyclic) bond motifs is 2. The maximum Gasteiger partial charge on any atom is 0.225 e. The summed E-state index contributed by atoms with van der Waals surface area (Å²) in [4.78, 5) is 26.1. The van der Waals surface area contributed by atoms with E-state index in [9.17, 15) is 4.79 Å². The Morgan fingerprint density at radius 1 is 1.37 bits per heavy atom. The van der Waals surface area contributed by atoms with Crippen LogP contribution >= 0.6 is 0 Å². The summed E-state index contributed by atoms with van der Waals surface area (Å²) >= 11 is 0. The van der Waals surface area contributed by atoms with Crippen LogP contribution in [0.2, 0.25) is 0 Å². The average molecular weight is 257 g/mol. The molecule has 4 rings (SSSR count). The van der Waals surface area contributed by atoms with E-state index in [2.05, 4.69) is 25.2 Å². The summed E-state index contributed by atoms with van der Waals surface area (Å²) in [6.45, 7) is 4.33. The van der Waals surface area contributed by atoms with E-state index in [1.807, 2.05) is 19.2 Å². The molecular weight excluding hydrogens is 242 g/mol. The number of aromatic amines is 1. The molecule has 0 bridgehead atoms. The molecule has 98 valence electrons. The Kier molecular flexibility index (Phi) is 2.09. The van der Waals surface area contributed by atoms with Crippen molar-refractivity contribution in [1.29, 1.82) is 0 Å². The smallest absolute Gasteiger partial charge is 0.225 e. The lowest BCUT2D eigenvalue weighted by Gasteiger charge is -2.19. The molecule has 2 aromatic rings. The Morgan fingerprint density at radius 2 is 2.26 bits per heavy atom. The van der Waals surface area contributed by atoms with E-state index in [1.165, 1.54) is 0 Å². The van der Waals surface area contributed by atoms with Crippen LogP contribution in [0.25, 0.3) is 11.0 Å². The topological polar surface area (TPSA) is 73.9 Å². The second-order valence-electron chi connectivity index (χ2n) is 5.35. The predicted octanol–water partition coefficient (Wildman–Crippen LogP) is 0.449. The fourth-order valence-electron chi connectivity index (χ4n) is 3.18. The molecule has 0 radical (unpaired) electrons. The Balaban J connectivity index is 1.75. The van der Waals surface area contributed by atoms with E-state index in [4.69, 9.17) is 0 Å². The maximum atomic E-state index is 11.7. The third-order valence-corrected chi connectivity index (χ3v) is 4.11.